The molecular formula is C42H35N3O9. The van der Waals surface area contributed by atoms with Crippen molar-refractivity contribution in [2.75, 3.05) is 0 Å². The monoisotopic (exact) mass is 725 g/mol. The summed E-state index contributed by atoms with van der Waals surface area (Å²) in [5, 5.41) is 76.5. The maximum atomic E-state index is 14.5. The lowest BCUT2D eigenvalue weighted by Crippen LogP contribution is -2.27. The molecule has 1 heterocycles. The molecule has 272 valence electrons. The second kappa shape index (κ2) is 15.7. The average Bonchev–Trinajstić information content (AvgIpc) is 3.50. The van der Waals surface area contributed by atoms with E-state index in [-0.39, 0.29) is 63.9 Å². The van der Waals surface area contributed by atoms with Crippen molar-refractivity contribution in [2.45, 2.75) is 13.0 Å². The van der Waals surface area contributed by atoms with Gasteiger partial charge in [-0.15, -0.1) is 0 Å². The summed E-state index contributed by atoms with van der Waals surface area (Å²) in [6, 6.07) is 26.9. The molecule has 0 fully saturated rings. The van der Waals surface area contributed by atoms with Gasteiger partial charge < -0.3 is 50.9 Å². The van der Waals surface area contributed by atoms with E-state index in [2.05, 4.69) is 10.6 Å². The Morgan fingerprint density at radius 2 is 0.889 bits per heavy atom. The molecular weight excluding hydrogens is 690 g/mol. The second-order valence-corrected chi connectivity index (χ2v) is 12.2. The number of nitrogens with zero attached hydrogens (tertiary/aromatic N) is 1. The van der Waals surface area contributed by atoms with Gasteiger partial charge in [-0.2, -0.15) is 0 Å². The Morgan fingerprint density at radius 1 is 0.500 bits per heavy atom. The molecule has 0 aliphatic carbocycles. The minimum atomic E-state index is -0.666. The lowest BCUT2D eigenvalue weighted by atomic mass is 9.93. The number of carbonyl (C=O) groups is 2. The molecule has 0 aliphatic heterocycles. The number of hydrogen-bond acceptors (Lipinski definition) is 9. The molecule has 12 nitrogen and oxygen atoms in total. The van der Waals surface area contributed by atoms with Gasteiger partial charge in [0.15, 0.2) is 23.0 Å². The van der Waals surface area contributed by atoms with Crippen LogP contribution in [0.3, 0.4) is 0 Å². The van der Waals surface area contributed by atoms with Crippen LogP contribution >= 0.6 is 0 Å². The fraction of sp³-hybridized carbons (Fsp3) is 0.0476. The Hall–Kier alpha value is -7.60. The maximum Gasteiger partial charge on any atom is 0.272 e. The Bertz CT molecular complexity index is 2240. The van der Waals surface area contributed by atoms with E-state index in [1.54, 1.807) is 48.6 Å². The number of aromatic nitrogens is 1. The Morgan fingerprint density at radius 3 is 1.28 bits per heavy atom. The van der Waals surface area contributed by atoms with Crippen LogP contribution in [-0.4, -0.2) is 52.1 Å². The highest BCUT2D eigenvalue weighted by atomic mass is 16.3. The third-order valence-electron chi connectivity index (χ3n) is 8.55. The van der Waals surface area contributed by atoms with Gasteiger partial charge in [-0.05, 0) is 107 Å². The van der Waals surface area contributed by atoms with E-state index in [1.807, 2.05) is 0 Å². The first-order valence-corrected chi connectivity index (χ1v) is 16.6. The van der Waals surface area contributed by atoms with Crippen molar-refractivity contribution in [3.63, 3.8) is 0 Å². The summed E-state index contributed by atoms with van der Waals surface area (Å²) in [7, 11) is 0. The Balaban J connectivity index is 1.58. The molecule has 9 N–H and O–H groups in total. The maximum absolute atomic E-state index is 14.5. The van der Waals surface area contributed by atoms with Crippen molar-refractivity contribution < 1.29 is 45.3 Å². The number of aromatic hydroxyl groups is 7. The minimum absolute atomic E-state index is 0.0237. The molecule has 0 aliphatic rings. The summed E-state index contributed by atoms with van der Waals surface area (Å²) in [6.07, 6.45) is 6.29. The van der Waals surface area contributed by atoms with Crippen LogP contribution in [0.4, 0.5) is 0 Å². The third-order valence-corrected chi connectivity index (χ3v) is 8.55. The molecule has 2 amide bonds. The summed E-state index contributed by atoms with van der Waals surface area (Å²) < 4.78 is 1.51. The number of carbonyl (C=O) groups excluding carboxylic acids is 2. The summed E-state index contributed by atoms with van der Waals surface area (Å²) in [6.45, 7) is 0.0424. The van der Waals surface area contributed by atoms with Gasteiger partial charge in [0.1, 0.15) is 28.6 Å². The zero-order valence-electron chi connectivity index (χ0n) is 28.5. The summed E-state index contributed by atoms with van der Waals surface area (Å²) in [5.74, 6) is -2.96. The number of amides is 2. The van der Waals surface area contributed by atoms with E-state index < -0.39 is 34.8 Å². The predicted octanol–water partition coefficient (Wildman–Crippen LogP) is 6.81. The first kappa shape index (κ1) is 36.2. The summed E-state index contributed by atoms with van der Waals surface area (Å²) >= 11 is 0. The van der Waals surface area contributed by atoms with Gasteiger partial charge in [0.2, 0.25) is 0 Å². The standard InChI is InChI=1S/C42H35N3O9/c46-30-9-1-25(2-10-30)17-20-43-41(53)39-37(28-7-15-33(49)35(51)23-28)38(29-8-16-34(50)36(52)24-29)40(45(39)22-19-27-5-13-32(48)14-6-27)42(54)44-21-18-26-3-11-31(47)12-4-26/h1-18,20-21,23-24,46-52H,19,22H2,(H,43,53)(H,44,54)/b20-17+,21-18+. The van der Waals surface area contributed by atoms with Gasteiger partial charge in [-0.25, -0.2) is 0 Å². The molecule has 12 heteroatoms. The first-order chi connectivity index (χ1) is 26.0. The molecule has 0 unspecified atom stereocenters. The molecule has 0 radical (unpaired) electrons. The number of hydrogen-bond donors (Lipinski definition) is 9. The van der Waals surface area contributed by atoms with Crippen LogP contribution in [0.25, 0.3) is 34.4 Å². The fourth-order valence-corrected chi connectivity index (χ4v) is 5.87. The van der Waals surface area contributed by atoms with E-state index >= 15 is 0 Å². The van der Waals surface area contributed by atoms with Gasteiger partial charge in [-0.3, -0.25) is 9.59 Å². The van der Waals surface area contributed by atoms with Crippen LogP contribution in [0.15, 0.2) is 122 Å². The third kappa shape index (κ3) is 8.13. The number of phenols is 7. The molecule has 0 saturated carbocycles. The largest absolute Gasteiger partial charge is 0.508 e. The molecule has 0 saturated heterocycles. The molecule has 6 aromatic rings. The van der Waals surface area contributed by atoms with Gasteiger partial charge in [-0.1, -0.05) is 48.5 Å². The normalized spacial score (nSPS) is 11.3. The van der Waals surface area contributed by atoms with Gasteiger partial charge in [0.25, 0.3) is 11.8 Å². The first-order valence-electron chi connectivity index (χ1n) is 16.6. The number of phenolic OH excluding ortho intramolecular Hbond substituents is 7. The van der Waals surface area contributed by atoms with Crippen LogP contribution in [-0.2, 0) is 13.0 Å². The minimum Gasteiger partial charge on any atom is -0.508 e. The van der Waals surface area contributed by atoms with Crippen molar-refractivity contribution in [2.24, 2.45) is 0 Å². The van der Waals surface area contributed by atoms with E-state index in [4.69, 9.17) is 0 Å². The van der Waals surface area contributed by atoms with Crippen LogP contribution in [0.5, 0.6) is 40.2 Å². The lowest BCUT2D eigenvalue weighted by Gasteiger charge is -2.14. The molecule has 6 rings (SSSR count). The number of benzene rings is 5. The fourth-order valence-electron chi connectivity index (χ4n) is 5.87. The van der Waals surface area contributed by atoms with Gasteiger partial charge >= 0.3 is 0 Å². The summed E-state index contributed by atoms with van der Waals surface area (Å²) in [5.41, 5.74) is 2.84. The average molecular weight is 726 g/mol. The predicted molar refractivity (Wildman–Crippen MR) is 203 cm³/mol. The van der Waals surface area contributed by atoms with E-state index in [1.165, 1.54) is 89.8 Å². The molecule has 0 bridgehead atoms. The van der Waals surface area contributed by atoms with Crippen LogP contribution in [0, 0.1) is 0 Å². The van der Waals surface area contributed by atoms with E-state index in [9.17, 15) is 45.3 Å². The smallest absolute Gasteiger partial charge is 0.272 e. The van der Waals surface area contributed by atoms with Crippen molar-refractivity contribution in [3.05, 3.63) is 150 Å². The SMILES string of the molecule is O=C(N/C=C/c1ccc(O)cc1)c1c(-c2ccc(O)c(O)c2)c(-c2ccc(O)c(O)c2)c(C(=O)N/C=C/c2ccc(O)cc2)n1CCc1ccc(O)cc1. The van der Waals surface area contributed by atoms with E-state index in [0.717, 1.165) is 5.56 Å². The topological polar surface area (TPSA) is 205 Å². The van der Waals surface area contributed by atoms with Crippen molar-refractivity contribution in [3.8, 4) is 62.5 Å². The molecule has 0 atom stereocenters. The quantitative estimate of drug-likeness (QED) is 0.0643. The molecule has 0 spiro atoms. The van der Waals surface area contributed by atoms with Gasteiger partial charge in [0.05, 0.1) is 0 Å². The van der Waals surface area contributed by atoms with Crippen LogP contribution < -0.4 is 10.6 Å². The Labute approximate surface area is 309 Å². The van der Waals surface area contributed by atoms with Crippen molar-refractivity contribution in [1.29, 1.82) is 0 Å². The highest BCUT2D eigenvalue weighted by Gasteiger charge is 2.32. The molecule has 5 aromatic carbocycles. The number of aryl methyl sites for hydroxylation is 1. The second-order valence-electron chi connectivity index (χ2n) is 12.2. The molecule has 54 heavy (non-hydrogen) atoms. The van der Waals surface area contributed by atoms with Crippen LogP contribution in [0.1, 0.15) is 37.7 Å². The zero-order valence-corrected chi connectivity index (χ0v) is 28.5. The highest BCUT2D eigenvalue weighted by molar-refractivity contribution is 6.12. The van der Waals surface area contributed by atoms with Crippen molar-refractivity contribution in [1.82, 2.24) is 15.2 Å². The van der Waals surface area contributed by atoms with Crippen molar-refractivity contribution >= 4 is 24.0 Å². The molecule has 1 aromatic heterocycles. The zero-order chi connectivity index (χ0) is 38.4. The van der Waals surface area contributed by atoms with Gasteiger partial charge in [0, 0.05) is 30.1 Å². The lowest BCUT2D eigenvalue weighted by molar-refractivity contribution is 0.0955. The van der Waals surface area contributed by atoms with E-state index in [0.29, 0.717) is 11.1 Å². The summed E-state index contributed by atoms with van der Waals surface area (Å²) in [4.78, 5) is 28.9. The highest BCUT2D eigenvalue weighted by Crippen LogP contribution is 2.44. The van der Waals surface area contributed by atoms with Crippen LogP contribution in [0.2, 0.25) is 0 Å². The Kier molecular flexibility index (Phi) is 10.6. The number of rotatable bonds is 11. The number of nitrogens with one attached hydrogen (secondary N) is 2.